The van der Waals surface area contributed by atoms with Crippen molar-refractivity contribution >= 4 is 28.3 Å². The maximum atomic E-state index is 13.0. The number of benzene rings is 1. The zero-order valence-corrected chi connectivity index (χ0v) is 16.8. The molecule has 162 valence electrons. The number of carbonyl (C=O) groups excluding carboxylic acids is 2. The molecule has 2 unspecified atom stereocenters. The van der Waals surface area contributed by atoms with Crippen molar-refractivity contribution in [3.63, 3.8) is 0 Å². The first-order valence-corrected chi connectivity index (χ1v) is 9.75. The molecule has 0 saturated heterocycles. The van der Waals surface area contributed by atoms with E-state index >= 15 is 0 Å². The molecule has 1 aliphatic carbocycles. The highest BCUT2D eigenvalue weighted by Crippen LogP contribution is 2.40. The number of nitrogens with two attached hydrogens (primary N) is 1. The second kappa shape index (κ2) is 8.76. The molecule has 0 radical (unpaired) electrons. The number of halogens is 3. The Morgan fingerprint density at radius 2 is 2.13 bits per heavy atom. The summed E-state index contributed by atoms with van der Waals surface area (Å²) in [6, 6.07) is 8.70. The van der Waals surface area contributed by atoms with Crippen molar-refractivity contribution in [1.82, 2.24) is 10.3 Å². The Labute approximate surface area is 176 Å². The van der Waals surface area contributed by atoms with E-state index in [1.165, 1.54) is 13.1 Å². The topological polar surface area (TPSA) is 109 Å². The molecule has 2 amide bonds. The number of amides is 2. The zero-order valence-electron chi connectivity index (χ0n) is 16.8. The van der Waals surface area contributed by atoms with Gasteiger partial charge in [0.1, 0.15) is 0 Å². The molecule has 1 aromatic heterocycles. The number of carbonyl (C=O) groups is 2. The van der Waals surface area contributed by atoms with E-state index in [4.69, 9.17) is 5.73 Å². The molecule has 9 heteroatoms. The van der Waals surface area contributed by atoms with Crippen molar-refractivity contribution in [2.75, 3.05) is 7.05 Å². The summed E-state index contributed by atoms with van der Waals surface area (Å²) in [5.41, 5.74) is 7.45. The van der Waals surface area contributed by atoms with Crippen LogP contribution in [0.5, 0.6) is 0 Å². The Balaban J connectivity index is 2.12. The van der Waals surface area contributed by atoms with E-state index in [1.807, 2.05) is 6.07 Å². The maximum Gasteiger partial charge on any atom is 0.392 e. The van der Waals surface area contributed by atoms with Gasteiger partial charge in [0.15, 0.2) is 0 Å². The van der Waals surface area contributed by atoms with Gasteiger partial charge in [-0.25, -0.2) is 4.98 Å². The predicted octanol–water partition coefficient (Wildman–Crippen LogP) is 3.82. The second-order valence-electron chi connectivity index (χ2n) is 7.46. The van der Waals surface area contributed by atoms with E-state index in [2.05, 4.69) is 10.3 Å². The van der Waals surface area contributed by atoms with Crippen molar-refractivity contribution in [2.24, 2.45) is 11.7 Å². The van der Waals surface area contributed by atoms with Crippen molar-refractivity contribution in [3.05, 3.63) is 47.2 Å². The number of nitriles is 1. The minimum atomic E-state index is -4.23. The van der Waals surface area contributed by atoms with Crippen molar-refractivity contribution in [2.45, 2.75) is 37.8 Å². The van der Waals surface area contributed by atoms with E-state index in [0.29, 0.717) is 16.5 Å². The van der Waals surface area contributed by atoms with Crippen LogP contribution in [-0.2, 0) is 4.79 Å². The molecule has 0 saturated carbocycles. The zero-order chi connectivity index (χ0) is 22.8. The third-order valence-corrected chi connectivity index (χ3v) is 5.51. The Morgan fingerprint density at radius 1 is 1.39 bits per heavy atom. The monoisotopic (exact) mass is 430 g/mol. The third kappa shape index (κ3) is 4.68. The van der Waals surface area contributed by atoms with E-state index in [1.54, 1.807) is 24.3 Å². The molecule has 1 heterocycles. The maximum absolute atomic E-state index is 13.0. The van der Waals surface area contributed by atoms with Gasteiger partial charge >= 0.3 is 6.18 Å². The normalized spacial score (nSPS) is 17.5. The second-order valence-corrected chi connectivity index (χ2v) is 7.46. The number of primary amides is 1. The summed E-state index contributed by atoms with van der Waals surface area (Å²) in [5, 5.41) is 12.6. The van der Waals surface area contributed by atoms with E-state index in [0.717, 1.165) is 5.57 Å². The van der Waals surface area contributed by atoms with Crippen LogP contribution in [0.15, 0.2) is 30.3 Å². The van der Waals surface area contributed by atoms with Gasteiger partial charge in [0.25, 0.3) is 5.91 Å². The highest BCUT2D eigenvalue weighted by molar-refractivity contribution is 6.00. The number of fused-ring (bicyclic) bond motifs is 1. The lowest BCUT2D eigenvalue weighted by Crippen LogP contribution is -2.24. The number of para-hydroxylation sites is 1. The summed E-state index contributed by atoms with van der Waals surface area (Å²) in [6.45, 7) is 0. The summed E-state index contributed by atoms with van der Waals surface area (Å²) in [4.78, 5) is 28.4. The van der Waals surface area contributed by atoms with Crippen LogP contribution in [0.25, 0.3) is 16.5 Å². The smallest absolute Gasteiger partial charge is 0.366 e. The van der Waals surface area contributed by atoms with E-state index < -0.39 is 29.8 Å². The Morgan fingerprint density at radius 3 is 2.68 bits per heavy atom. The molecule has 3 N–H and O–H groups in total. The highest BCUT2D eigenvalue weighted by Gasteiger charge is 2.39. The third-order valence-electron chi connectivity index (χ3n) is 5.51. The number of hydrogen-bond donors (Lipinski definition) is 2. The number of hydrogen-bond acceptors (Lipinski definition) is 4. The van der Waals surface area contributed by atoms with Gasteiger partial charge in [-0.15, -0.1) is 0 Å². The fourth-order valence-corrected chi connectivity index (χ4v) is 3.80. The number of rotatable bonds is 5. The molecule has 2 aromatic rings. The summed E-state index contributed by atoms with van der Waals surface area (Å²) in [6.07, 6.45) is -2.76. The summed E-state index contributed by atoms with van der Waals surface area (Å²) < 4.78 is 39.0. The minimum Gasteiger partial charge on any atom is -0.366 e. The number of allylic oxidation sites excluding steroid dienone is 2. The van der Waals surface area contributed by atoms with Gasteiger partial charge in [-0.1, -0.05) is 24.3 Å². The van der Waals surface area contributed by atoms with Gasteiger partial charge in [-0.2, -0.15) is 18.4 Å². The van der Waals surface area contributed by atoms with Gasteiger partial charge in [0.05, 0.1) is 34.7 Å². The quantitative estimate of drug-likeness (QED) is 0.751. The van der Waals surface area contributed by atoms with Crippen LogP contribution < -0.4 is 11.1 Å². The molecule has 0 bridgehead atoms. The Bertz CT molecular complexity index is 1100. The molecule has 2 atom stereocenters. The van der Waals surface area contributed by atoms with Crippen molar-refractivity contribution in [3.8, 4) is 6.07 Å². The minimum absolute atomic E-state index is 0.0184. The molecule has 0 fully saturated rings. The number of nitrogens with zero attached hydrogens (tertiary/aromatic N) is 2. The van der Waals surface area contributed by atoms with Crippen molar-refractivity contribution in [1.29, 1.82) is 5.26 Å². The lowest BCUT2D eigenvalue weighted by Gasteiger charge is -2.24. The largest absolute Gasteiger partial charge is 0.392 e. The lowest BCUT2D eigenvalue weighted by atomic mass is 9.85. The summed E-state index contributed by atoms with van der Waals surface area (Å²) in [7, 11) is 1.43. The summed E-state index contributed by atoms with van der Waals surface area (Å²) in [5.74, 6) is -3.55. The number of nitrogens with one attached hydrogen (secondary N) is 1. The molecular formula is C22H21F3N4O2. The molecule has 3 rings (SSSR count). The van der Waals surface area contributed by atoms with Crippen molar-refractivity contribution < 1.29 is 22.8 Å². The molecule has 0 aliphatic heterocycles. The molecule has 6 nitrogen and oxygen atoms in total. The molecular weight excluding hydrogens is 409 g/mol. The first-order chi connectivity index (χ1) is 14.7. The van der Waals surface area contributed by atoms with E-state index in [9.17, 15) is 28.0 Å². The fourth-order valence-electron chi connectivity index (χ4n) is 3.80. The standard InChI is InChI=1S/C22H21F3N4O2/c1-28-18(30)10-14(11-26)20-17(21(27)31)9-13-3-2-4-16(19(13)29-20)12-5-7-15(8-6-12)22(23,24)25/h2-5,9,14-15H,6-8,10H2,1H3,(H2,27,31)(H,28,30). The van der Waals surface area contributed by atoms with Gasteiger partial charge in [0, 0.05) is 24.4 Å². The molecule has 1 aromatic carbocycles. The van der Waals surface area contributed by atoms with Crippen LogP contribution in [0.1, 0.15) is 53.2 Å². The molecule has 1 aliphatic rings. The average Bonchev–Trinajstić information content (AvgIpc) is 2.75. The van der Waals surface area contributed by atoms with Crippen LogP contribution in [0.2, 0.25) is 0 Å². The predicted molar refractivity (Wildman–Crippen MR) is 109 cm³/mol. The number of pyridine rings is 1. The van der Waals surface area contributed by atoms with Crippen LogP contribution in [0.4, 0.5) is 13.2 Å². The molecule has 0 spiro atoms. The number of alkyl halides is 3. The van der Waals surface area contributed by atoms with Gasteiger partial charge < -0.3 is 11.1 Å². The highest BCUT2D eigenvalue weighted by atomic mass is 19.4. The SMILES string of the molecule is CNC(=O)CC(C#N)c1nc2c(C3=CCC(C(F)(F)F)CC3)cccc2cc1C(N)=O. The van der Waals surface area contributed by atoms with Crippen LogP contribution in [0, 0.1) is 17.2 Å². The van der Waals surface area contributed by atoms with Crippen LogP contribution in [-0.4, -0.2) is 30.0 Å². The van der Waals surface area contributed by atoms with Crippen LogP contribution in [0.3, 0.4) is 0 Å². The van der Waals surface area contributed by atoms with Gasteiger partial charge in [-0.05, 0) is 30.9 Å². The number of aromatic nitrogens is 1. The van der Waals surface area contributed by atoms with Gasteiger partial charge in [-0.3, -0.25) is 9.59 Å². The van der Waals surface area contributed by atoms with Crippen LogP contribution >= 0.6 is 0 Å². The lowest BCUT2D eigenvalue weighted by molar-refractivity contribution is -0.175. The fraction of sp³-hybridized carbons (Fsp3) is 0.364. The Hall–Kier alpha value is -3.41. The summed E-state index contributed by atoms with van der Waals surface area (Å²) >= 11 is 0. The molecule has 31 heavy (non-hydrogen) atoms. The first-order valence-electron chi connectivity index (χ1n) is 9.75. The average molecular weight is 430 g/mol. The van der Waals surface area contributed by atoms with Gasteiger partial charge in [0.2, 0.25) is 5.91 Å². The van der Waals surface area contributed by atoms with E-state index in [-0.39, 0.29) is 36.9 Å². The Kier molecular flexibility index (Phi) is 6.29. The first kappa shape index (κ1) is 22.3.